The van der Waals surface area contributed by atoms with Crippen LogP contribution >= 0.6 is 22.9 Å². The third kappa shape index (κ3) is 2.43. The van der Waals surface area contributed by atoms with E-state index in [2.05, 4.69) is 10.3 Å². The Kier molecular flexibility index (Phi) is 3.36. The molecule has 0 fully saturated rings. The van der Waals surface area contributed by atoms with Crippen molar-refractivity contribution in [3.63, 3.8) is 0 Å². The van der Waals surface area contributed by atoms with Crippen LogP contribution in [0.1, 0.15) is 11.3 Å². The predicted molar refractivity (Wildman–Crippen MR) is 70.2 cm³/mol. The topological polar surface area (TPSA) is 43.4 Å². The summed E-state index contributed by atoms with van der Waals surface area (Å²) in [5, 5.41) is 5.93. The molecule has 1 aliphatic heterocycles. The number of halogens is 1. The zero-order chi connectivity index (χ0) is 12.4. The van der Waals surface area contributed by atoms with Gasteiger partial charge in [0.1, 0.15) is 0 Å². The Morgan fingerprint density at radius 3 is 3.11 bits per heavy atom. The average molecular weight is 283 g/mol. The van der Waals surface area contributed by atoms with E-state index in [1.54, 1.807) is 11.3 Å². The van der Waals surface area contributed by atoms with Crippen LogP contribution in [-0.4, -0.2) is 11.8 Å². The number of nitrogens with zero attached hydrogens (tertiary/aromatic N) is 1. The molecule has 0 bridgehead atoms. The number of hydrogen-bond donors (Lipinski definition) is 1. The number of fused-ring (bicyclic) bond motifs is 1. The Balaban J connectivity index is 1.65. The van der Waals surface area contributed by atoms with E-state index >= 15 is 0 Å². The molecule has 0 amide bonds. The van der Waals surface area contributed by atoms with Crippen molar-refractivity contribution in [1.82, 2.24) is 10.3 Å². The molecule has 18 heavy (non-hydrogen) atoms. The van der Waals surface area contributed by atoms with Gasteiger partial charge in [0.25, 0.3) is 0 Å². The van der Waals surface area contributed by atoms with E-state index in [1.807, 2.05) is 23.0 Å². The summed E-state index contributed by atoms with van der Waals surface area (Å²) in [6.07, 6.45) is 0. The summed E-state index contributed by atoms with van der Waals surface area (Å²) in [5.74, 6) is 1.35. The lowest BCUT2D eigenvalue weighted by molar-refractivity contribution is 0.174. The maximum Gasteiger partial charge on any atom is 0.231 e. The van der Waals surface area contributed by atoms with E-state index in [4.69, 9.17) is 21.1 Å². The van der Waals surface area contributed by atoms with Gasteiger partial charge in [-0.15, -0.1) is 11.3 Å². The van der Waals surface area contributed by atoms with Gasteiger partial charge in [-0.05, 0) is 17.7 Å². The highest BCUT2D eigenvalue weighted by Crippen LogP contribution is 2.39. The van der Waals surface area contributed by atoms with E-state index in [9.17, 15) is 0 Å². The molecule has 0 unspecified atom stereocenters. The summed E-state index contributed by atoms with van der Waals surface area (Å²) in [6.45, 7) is 1.70. The van der Waals surface area contributed by atoms with Gasteiger partial charge >= 0.3 is 0 Å². The lowest BCUT2D eigenvalue weighted by atomic mass is 10.2. The Hall–Kier alpha value is -1.30. The molecule has 3 rings (SSSR count). The summed E-state index contributed by atoms with van der Waals surface area (Å²) in [5.41, 5.74) is 3.94. The van der Waals surface area contributed by atoms with Gasteiger partial charge in [-0.25, -0.2) is 4.98 Å². The van der Waals surface area contributed by atoms with Crippen LogP contribution in [0.3, 0.4) is 0 Å². The van der Waals surface area contributed by atoms with Crippen molar-refractivity contribution in [2.45, 2.75) is 13.1 Å². The van der Waals surface area contributed by atoms with Crippen molar-refractivity contribution >= 4 is 22.9 Å². The number of hydrogen-bond acceptors (Lipinski definition) is 5. The largest absolute Gasteiger partial charge is 0.454 e. The minimum absolute atomic E-state index is 0.241. The lowest BCUT2D eigenvalue weighted by Gasteiger charge is -2.06. The summed E-state index contributed by atoms with van der Waals surface area (Å²) >= 11 is 7.71. The van der Waals surface area contributed by atoms with Gasteiger partial charge in [-0.1, -0.05) is 11.6 Å². The SMILES string of the molecule is Clc1cc(CNCc2cscn2)cc2c1OCO2. The van der Waals surface area contributed by atoms with Gasteiger partial charge in [0.05, 0.1) is 16.2 Å². The Morgan fingerprint density at radius 1 is 1.33 bits per heavy atom. The zero-order valence-corrected chi connectivity index (χ0v) is 11.1. The average Bonchev–Trinajstić information content (AvgIpc) is 2.99. The molecule has 1 N–H and O–H groups in total. The van der Waals surface area contributed by atoms with Crippen LogP contribution in [0.25, 0.3) is 0 Å². The normalized spacial score (nSPS) is 12.9. The molecule has 0 atom stereocenters. The van der Waals surface area contributed by atoms with Gasteiger partial charge in [0, 0.05) is 18.5 Å². The van der Waals surface area contributed by atoms with E-state index in [0.29, 0.717) is 23.1 Å². The molecule has 94 valence electrons. The molecule has 6 heteroatoms. The van der Waals surface area contributed by atoms with Crippen LogP contribution in [0.4, 0.5) is 0 Å². The second-order valence-electron chi connectivity index (χ2n) is 3.89. The molecular weight excluding hydrogens is 272 g/mol. The fourth-order valence-electron chi connectivity index (χ4n) is 1.78. The van der Waals surface area contributed by atoms with Gasteiger partial charge in [-0.3, -0.25) is 0 Å². The van der Waals surface area contributed by atoms with Crippen LogP contribution in [0, 0.1) is 0 Å². The van der Waals surface area contributed by atoms with Crippen molar-refractivity contribution in [3.8, 4) is 11.5 Å². The first kappa shape index (κ1) is 11.8. The van der Waals surface area contributed by atoms with Gasteiger partial charge < -0.3 is 14.8 Å². The number of rotatable bonds is 4. The molecule has 0 aliphatic carbocycles. The van der Waals surface area contributed by atoms with Crippen LogP contribution in [0.2, 0.25) is 5.02 Å². The minimum atomic E-state index is 0.241. The fraction of sp³-hybridized carbons (Fsp3) is 0.250. The van der Waals surface area contributed by atoms with Crippen LogP contribution < -0.4 is 14.8 Å². The van der Waals surface area contributed by atoms with Crippen molar-refractivity contribution in [2.75, 3.05) is 6.79 Å². The van der Waals surface area contributed by atoms with Crippen LogP contribution in [0.5, 0.6) is 11.5 Å². The molecule has 1 aromatic carbocycles. The summed E-state index contributed by atoms with van der Waals surface area (Å²) in [4.78, 5) is 4.21. The smallest absolute Gasteiger partial charge is 0.231 e. The molecule has 4 nitrogen and oxygen atoms in total. The van der Waals surface area contributed by atoms with Crippen LogP contribution in [-0.2, 0) is 13.1 Å². The molecule has 2 aromatic rings. The van der Waals surface area contributed by atoms with E-state index in [-0.39, 0.29) is 6.79 Å². The summed E-state index contributed by atoms with van der Waals surface area (Å²) in [7, 11) is 0. The van der Waals surface area contributed by atoms with Crippen molar-refractivity contribution < 1.29 is 9.47 Å². The Labute approximate surface area is 114 Å². The maximum atomic E-state index is 6.11. The van der Waals surface area contributed by atoms with E-state index < -0.39 is 0 Å². The number of aromatic nitrogens is 1. The molecule has 1 aliphatic rings. The van der Waals surface area contributed by atoms with E-state index in [1.165, 1.54) is 0 Å². The van der Waals surface area contributed by atoms with Gasteiger partial charge in [-0.2, -0.15) is 0 Å². The highest BCUT2D eigenvalue weighted by atomic mass is 35.5. The first-order chi connectivity index (χ1) is 8.83. The second-order valence-corrected chi connectivity index (χ2v) is 5.02. The van der Waals surface area contributed by atoms with Crippen LogP contribution in [0.15, 0.2) is 23.0 Å². The lowest BCUT2D eigenvalue weighted by Crippen LogP contribution is -2.12. The number of ether oxygens (including phenoxy) is 2. The minimum Gasteiger partial charge on any atom is -0.454 e. The quantitative estimate of drug-likeness (QED) is 0.936. The standard InChI is InChI=1S/C12H11ClN2O2S/c13-10-1-8(2-11-12(10)17-7-16-11)3-14-4-9-5-18-6-15-9/h1-2,5-6,14H,3-4,7H2. The third-order valence-electron chi connectivity index (χ3n) is 2.61. The molecule has 0 spiro atoms. The van der Waals surface area contributed by atoms with E-state index in [0.717, 1.165) is 17.8 Å². The Bertz CT molecular complexity index is 545. The third-order valence-corrected chi connectivity index (χ3v) is 3.52. The molecule has 0 saturated heterocycles. The van der Waals surface area contributed by atoms with Gasteiger partial charge in [0.15, 0.2) is 11.5 Å². The maximum absolute atomic E-state index is 6.11. The number of nitrogens with one attached hydrogen (secondary N) is 1. The first-order valence-electron chi connectivity index (χ1n) is 5.49. The number of benzene rings is 1. The second kappa shape index (κ2) is 5.14. The predicted octanol–water partition coefficient (Wildman–Crippen LogP) is 2.82. The van der Waals surface area contributed by atoms with Crippen molar-refractivity contribution in [3.05, 3.63) is 39.3 Å². The highest BCUT2D eigenvalue weighted by molar-refractivity contribution is 7.07. The van der Waals surface area contributed by atoms with Crippen molar-refractivity contribution in [1.29, 1.82) is 0 Å². The fourth-order valence-corrected chi connectivity index (χ4v) is 2.63. The molecule has 0 radical (unpaired) electrons. The molecule has 1 aromatic heterocycles. The summed E-state index contributed by atoms with van der Waals surface area (Å²) < 4.78 is 10.6. The monoisotopic (exact) mass is 282 g/mol. The number of thiazole rings is 1. The first-order valence-corrected chi connectivity index (χ1v) is 6.81. The van der Waals surface area contributed by atoms with Crippen molar-refractivity contribution in [2.24, 2.45) is 0 Å². The Morgan fingerprint density at radius 2 is 2.28 bits per heavy atom. The molecule has 0 saturated carbocycles. The highest BCUT2D eigenvalue weighted by Gasteiger charge is 2.17. The molecule has 2 heterocycles. The zero-order valence-electron chi connectivity index (χ0n) is 9.48. The van der Waals surface area contributed by atoms with Gasteiger partial charge in [0.2, 0.25) is 6.79 Å². The molecular formula is C12H11ClN2O2S. The summed E-state index contributed by atoms with van der Waals surface area (Å²) in [6, 6.07) is 3.84.